The van der Waals surface area contributed by atoms with Crippen molar-refractivity contribution in [1.29, 1.82) is 0 Å². The molecule has 0 radical (unpaired) electrons. The van der Waals surface area contributed by atoms with E-state index in [4.69, 9.17) is 0 Å². The molecule has 0 spiro atoms. The number of carbonyl (C=O) groups is 2. The fourth-order valence-electron chi connectivity index (χ4n) is 4.94. The van der Waals surface area contributed by atoms with Crippen molar-refractivity contribution in [3.63, 3.8) is 0 Å². The summed E-state index contributed by atoms with van der Waals surface area (Å²) in [6, 6.07) is 10.5. The highest BCUT2D eigenvalue weighted by Crippen LogP contribution is 2.45. The summed E-state index contributed by atoms with van der Waals surface area (Å²) >= 11 is 0. The smallest absolute Gasteiger partial charge is 0.243 e. The van der Waals surface area contributed by atoms with Crippen molar-refractivity contribution in [1.82, 2.24) is 10.2 Å². The molecule has 3 aliphatic rings. The third kappa shape index (κ3) is 4.53. The number of amides is 2. The van der Waals surface area contributed by atoms with Crippen LogP contribution in [0.15, 0.2) is 30.3 Å². The summed E-state index contributed by atoms with van der Waals surface area (Å²) < 4.78 is 0. The first-order valence-corrected chi connectivity index (χ1v) is 10.9. The van der Waals surface area contributed by atoms with E-state index in [-0.39, 0.29) is 17.9 Å². The van der Waals surface area contributed by atoms with Crippen molar-refractivity contribution in [2.75, 3.05) is 6.54 Å². The molecule has 1 saturated heterocycles. The van der Waals surface area contributed by atoms with Crippen LogP contribution in [0.5, 0.6) is 0 Å². The van der Waals surface area contributed by atoms with Gasteiger partial charge in [0.2, 0.25) is 11.8 Å². The number of hydrogen-bond acceptors (Lipinski definition) is 2. The first-order chi connectivity index (χ1) is 13.2. The standard InChI is InChI=1S/C23H32N2O2/c26-22(16-20(18-13-14-18)17-8-3-1-4-9-17)25-15-7-12-21(25)23(27)24-19-10-5-2-6-11-19/h1,3-4,8-9,18-21H,2,5-7,10-16H2,(H,24,27)/t20?,21-/m0/s1. The molecule has 2 atom stereocenters. The Balaban J connectivity index is 1.38. The molecule has 1 aromatic rings. The van der Waals surface area contributed by atoms with Gasteiger partial charge in [0.05, 0.1) is 0 Å². The summed E-state index contributed by atoms with van der Waals surface area (Å²) in [7, 11) is 0. The summed E-state index contributed by atoms with van der Waals surface area (Å²) in [5.41, 5.74) is 1.27. The highest BCUT2D eigenvalue weighted by atomic mass is 16.2. The number of carbonyl (C=O) groups excluding carboxylic acids is 2. The Kier molecular flexibility index (Phi) is 5.80. The van der Waals surface area contributed by atoms with E-state index in [1.165, 1.54) is 37.7 Å². The largest absolute Gasteiger partial charge is 0.352 e. The zero-order valence-corrected chi connectivity index (χ0v) is 16.2. The maximum Gasteiger partial charge on any atom is 0.243 e. The molecule has 146 valence electrons. The van der Waals surface area contributed by atoms with Crippen LogP contribution < -0.4 is 5.32 Å². The SMILES string of the molecule is O=C(NC1CCCCC1)[C@@H]1CCCN1C(=O)CC(c1ccccc1)C1CC1. The normalized spacial score (nSPS) is 24.6. The van der Waals surface area contributed by atoms with Crippen LogP contribution in [0.25, 0.3) is 0 Å². The molecule has 0 bridgehead atoms. The molecule has 0 aromatic heterocycles. The number of rotatable bonds is 6. The van der Waals surface area contributed by atoms with Gasteiger partial charge in [-0.2, -0.15) is 0 Å². The fourth-order valence-corrected chi connectivity index (χ4v) is 4.94. The first-order valence-electron chi connectivity index (χ1n) is 10.9. The molecule has 27 heavy (non-hydrogen) atoms. The highest BCUT2D eigenvalue weighted by molar-refractivity contribution is 5.88. The van der Waals surface area contributed by atoms with Crippen molar-refractivity contribution in [3.05, 3.63) is 35.9 Å². The zero-order chi connectivity index (χ0) is 18.6. The van der Waals surface area contributed by atoms with Crippen LogP contribution in [0, 0.1) is 5.92 Å². The van der Waals surface area contributed by atoms with E-state index in [9.17, 15) is 9.59 Å². The Morgan fingerprint density at radius 2 is 1.70 bits per heavy atom. The van der Waals surface area contributed by atoms with Crippen LogP contribution in [-0.4, -0.2) is 35.3 Å². The average Bonchev–Trinajstić information content (AvgIpc) is 3.42. The van der Waals surface area contributed by atoms with Gasteiger partial charge in [0, 0.05) is 19.0 Å². The third-order valence-corrected chi connectivity index (χ3v) is 6.64. The van der Waals surface area contributed by atoms with Crippen molar-refractivity contribution in [2.24, 2.45) is 5.92 Å². The molecule has 4 nitrogen and oxygen atoms in total. The van der Waals surface area contributed by atoms with Gasteiger partial charge < -0.3 is 10.2 Å². The van der Waals surface area contributed by atoms with Crippen molar-refractivity contribution in [2.45, 2.75) is 82.2 Å². The molecule has 3 fully saturated rings. The second-order valence-corrected chi connectivity index (χ2v) is 8.65. The maximum absolute atomic E-state index is 13.1. The molecule has 1 N–H and O–H groups in total. The molecule has 1 heterocycles. The van der Waals surface area contributed by atoms with E-state index in [2.05, 4.69) is 29.6 Å². The van der Waals surface area contributed by atoms with Gasteiger partial charge in [-0.3, -0.25) is 9.59 Å². The lowest BCUT2D eigenvalue weighted by Crippen LogP contribution is -2.49. The molecular weight excluding hydrogens is 336 g/mol. The van der Waals surface area contributed by atoms with Gasteiger partial charge in [0.1, 0.15) is 6.04 Å². The number of hydrogen-bond donors (Lipinski definition) is 1. The molecule has 4 heteroatoms. The molecule has 2 amide bonds. The Hall–Kier alpha value is -1.84. The number of nitrogens with zero attached hydrogens (tertiary/aromatic N) is 1. The summed E-state index contributed by atoms with van der Waals surface area (Å²) in [5.74, 6) is 1.18. The minimum absolute atomic E-state index is 0.0791. The molecule has 1 aliphatic heterocycles. The Morgan fingerprint density at radius 3 is 2.41 bits per heavy atom. The monoisotopic (exact) mass is 368 g/mol. The topological polar surface area (TPSA) is 49.4 Å². The molecule has 1 aromatic carbocycles. The highest BCUT2D eigenvalue weighted by Gasteiger charge is 2.39. The van der Waals surface area contributed by atoms with E-state index in [0.29, 0.717) is 24.3 Å². The summed E-state index contributed by atoms with van der Waals surface area (Å²) in [4.78, 5) is 27.8. The third-order valence-electron chi connectivity index (χ3n) is 6.64. The lowest BCUT2D eigenvalue weighted by atomic mass is 9.90. The van der Waals surface area contributed by atoms with Crippen LogP contribution in [0.3, 0.4) is 0 Å². The molecule has 2 aliphatic carbocycles. The molecular formula is C23H32N2O2. The average molecular weight is 369 g/mol. The van der Waals surface area contributed by atoms with Crippen LogP contribution >= 0.6 is 0 Å². The van der Waals surface area contributed by atoms with Gasteiger partial charge in [-0.25, -0.2) is 0 Å². The minimum atomic E-state index is -0.255. The Labute approximate surface area is 162 Å². The first kappa shape index (κ1) is 18.5. The van der Waals surface area contributed by atoms with E-state index in [1.54, 1.807) is 0 Å². The van der Waals surface area contributed by atoms with Gasteiger partial charge in [0.25, 0.3) is 0 Å². The zero-order valence-electron chi connectivity index (χ0n) is 16.2. The van der Waals surface area contributed by atoms with Crippen molar-refractivity contribution < 1.29 is 9.59 Å². The second kappa shape index (κ2) is 8.45. The number of nitrogens with one attached hydrogen (secondary N) is 1. The Bertz CT molecular complexity index is 650. The summed E-state index contributed by atoms with van der Waals surface area (Å²) in [5, 5.41) is 3.23. The van der Waals surface area contributed by atoms with Gasteiger partial charge in [-0.15, -0.1) is 0 Å². The van der Waals surface area contributed by atoms with Crippen molar-refractivity contribution in [3.8, 4) is 0 Å². The molecule has 1 unspecified atom stereocenters. The number of likely N-dealkylation sites (tertiary alicyclic amines) is 1. The Morgan fingerprint density at radius 1 is 0.963 bits per heavy atom. The van der Waals surface area contributed by atoms with Gasteiger partial charge in [0.15, 0.2) is 0 Å². The van der Waals surface area contributed by atoms with E-state index < -0.39 is 0 Å². The predicted octanol–water partition coefficient (Wildman–Crippen LogP) is 4.01. The van der Waals surface area contributed by atoms with Gasteiger partial charge in [-0.1, -0.05) is 49.6 Å². The summed E-state index contributed by atoms with van der Waals surface area (Å²) in [6.07, 6.45) is 10.6. The fraction of sp³-hybridized carbons (Fsp3) is 0.652. The quantitative estimate of drug-likeness (QED) is 0.825. The maximum atomic E-state index is 13.1. The molecule has 4 rings (SSSR count). The predicted molar refractivity (Wildman–Crippen MR) is 106 cm³/mol. The molecule has 2 saturated carbocycles. The van der Waals surface area contributed by atoms with Crippen molar-refractivity contribution >= 4 is 11.8 Å². The van der Waals surface area contributed by atoms with Crippen LogP contribution in [-0.2, 0) is 9.59 Å². The van der Waals surface area contributed by atoms with Crippen LogP contribution in [0.1, 0.15) is 75.7 Å². The van der Waals surface area contributed by atoms with Gasteiger partial charge in [-0.05, 0) is 55.9 Å². The minimum Gasteiger partial charge on any atom is -0.352 e. The number of benzene rings is 1. The van der Waals surface area contributed by atoms with E-state index >= 15 is 0 Å². The van der Waals surface area contributed by atoms with Crippen LogP contribution in [0.2, 0.25) is 0 Å². The van der Waals surface area contributed by atoms with E-state index in [1.807, 2.05) is 11.0 Å². The van der Waals surface area contributed by atoms with Gasteiger partial charge >= 0.3 is 0 Å². The summed E-state index contributed by atoms with van der Waals surface area (Å²) in [6.45, 7) is 0.730. The second-order valence-electron chi connectivity index (χ2n) is 8.65. The lowest BCUT2D eigenvalue weighted by Gasteiger charge is -2.29. The van der Waals surface area contributed by atoms with Crippen LogP contribution in [0.4, 0.5) is 0 Å². The lowest BCUT2D eigenvalue weighted by molar-refractivity contribution is -0.139. The van der Waals surface area contributed by atoms with E-state index in [0.717, 1.165) is 32.2 Å².